The summed E-state index contributed by atoms with van der Waals surface area (Å²) in [6.45, 7) is 2.27. The Morgan fingerprint density at radius 1 is 1.19 bits per heavy atom. The van der Waals surface area contributed by atoms with E-state index in [-0.39, 0.29) is 22.8 Å². The van der Waals surface area contributed by atoms with Gasteiger partial charge in [-0.15, -0.1) is 0 Å². The molecular weight excluding hydrogens is 424 g/mol. The third kappa shape index (κ3) is 6.40. The van der Waals surface area contributed by atoms with Crippen LogP contribution in [0.4, 0.5) is 17.1 Å². The van der Waals surface area contributed by atoms with Crippen LogP contribution in [-0.4, -0.2) is 50.8 Å². The summed E-state index contributed by atoms with van der Waals surface area (Å²) >= 11 is 0. The molecule has 0 fully saturated rings. The highest BCUT2D eigenvalue weighted by Gasteiger charge is 2.20. The van der Waals surface area contributed by atoms with Gasteiger partial charge in [-0.05, 0) is 42.8 Å². The van der Waals surface area contributed by atoms with Gasteiger partial charge in [-0.2, -0.15) is 0 Å². The second-order valence-corrected chi connectivity index (χ2v) is 8.79. The Bertz CT molecular complexity index is 1020. The van der Waals surface area contributed by atoms with Crippen LogP contribution < -0.4 is 15.4 Å². The number of hydrogen-bond donors (Lipinski definition) is 2. The molecule has 0 unspecified atom stereocenters. The Hall–Kier alpha value is -3.18. The number of amides is 1. The molecule has 0 saturated heterocycles. The van der Waals surface area contributed by atoms with E-state index in [1.54, 1.807) is 19.2 Å². The standard InChI is InChI=1S/C20H26N4O6S/c1-4-5-12-23(2)31(28,29)17-9-6-15(7-10-17)21-14-20(25)22-18-11-8-16(30-3)13-19(18)24(26)27/h6-11,13,21H,4-5,12,14H2,1-3H3,(H,22,25). The van der Waals surface area contributed by atoms with Crippen LogP contribution >= 0.6 is 0 Å². The van der Waals surface area contributed by atoms with Gasteiger partial charge in [0, 0.05) is 19.3 Å². The lowest BCUT2D eigenvalue weighted by Gasteiger charge is -2.17. The monoisotopic (exact) mass is 450 g/mol. The molecule has 0 spiro atoms. The van der Waals surface area contributed by atoms with E-state index in [0.29, 0.717) is 18.0 Å². The zero-order valence-electron chi connectivity index (χ0n) is 17.6. The van der Waals surface area contributed by atoms with Gasteiger partial charge in [0.25, 0.3) is 5.69 Å². The molecule has 0 heterocycles. The van der Waals surface area contributed by atoms with Gasteiger partial charge >= 0.3 is 0 Å². The Morgan fingerprint density at radius 3 is 2.45 bits per heavy atom. The average Bonchev–Trinajstić information content (AvgIpc) is 2.76. The first-order valence-electron chi connectivity index (χ1n) is 9.61. The molecule has 2 aromatic rings. The smallest absolute Gasteiger partial charge is 0.296 e. The first kappa shape index (κ1) is 24.1. The van der Waals surface area contributed by atoms with E-state index in [0.717, 1.165) is 12.8 Å². The molecule has 2 N–H and O–H groups in total. The fourth-order valence-corrected chi connectivity index (χ4v) is 3.91. The quantitative estimate of drug-likeness (QED) is 0.397. The highest BCUT2D eigenvalue weighted by Crippen LogP contribution is 2.28. The number of unbranched alkanes of at least 4 members (excludes halogenated alkanes) is 1. The third-order valence-corrected chi connectivity index (χ3v) is 6.39. The molecule has 31 heavy (non-hydrogen) atoms. The van der Waals surface area contributed by atoms with Crippen molar-refractivity contribution < 1.29 is 22.9 Å². The molecule has 0 aromatic heterocycles. The molecule has 1 amide bonds. The summed E-state index contributed by atoms with van der Waals surface area (Å²) in [5.74, 6) is -0.192. The summed E-state index contributed by atoms with van der Waals surface area (Å²) in [7, 11) is -0.635. The molecule has 2 aromatic carbocycles. The Balaban J connectivity index is 2.00. The Kier molecular flexibility index (Phi) is 8.34. The van der Waals surface area contributed by atoms with Crippen LogP contribution in [0.1, 0.15) is 19.8 Å². The maximum absolute atomic E-state index is 12.5. The number of nitrogens with one attached hydrogen (secondary N) is 2. The summed E-state index contributed by atoms with van der Waals surface area (Å²) in [5, 5.41) is 16.5. The SMILES string of the molecule is CCCCN(C)S(=O)(=O)c1ccc(NCC(=O)Nc2ccc(OC)cc2[N+](=O)[O-])cc1. The van der Waals surface area contributed by atoms with Gasteiger partial charge in [0.15, 0.2) is 0 Å². The summed E-state index contributed by atoms with van der Waals surface area (Å²) in [5.41, 5.74) is 0.304. The predicted octanol–water partition coefficient (Wildman–Crippen LogP) is 3.07. The van der Waals surface area contributed by atoms with E-state index < -0.39 is 20.9 Å². The van der Waals surface area contributed by atoms with Crippen LogP contribution in [0, 0.1) is 10.1 Å². The first-order valence-corrected chi connectivity index (χ1v) is 11.1. The minimum atomic E-state index is -3.57. The van der Waals surface area contributed by atoms with Gasteiger partial charge in [-0.3, -0.25) is 14.9 Å². The number of carbonyl (C=O) groups excluding carboxylic acids is 1. The molecule has 0 atom stereocenters. The van der Waals surface area contributed by atoms with E-state index >= 15 is 0 Å². The molecule has 0 aliphatic rings. The van der Waals surface area contributed by atoms with Crippen molar-refractivity contribution in [1.82, 2.24) is 4.31 Å². The van der Waals surface area contributed by atoms with Gasteiger partial charge in [0.2, 0.25) is 15.9 Å². The van der Waals surface area contributed by atoms with E-state index in [1.807, 2.05) is 6.92 Å². The molecule has 0 saturated carbocycles. The minimum absolute atomic E-state index is 0.0501. The van der Waals surface area contributed by atoms with E-state index in [1.165, 1.54) is 41.7 Å². The summed E-state index contributed by atoms with van der Waals surface area (Å²) in [6.07, 6.45) is 1.67. The van der Waals surface area contributed by atoms with Gasteiger partial charge in [0.05, 0.1) is 29.5 Å². The van der Waals surface area contributed by atoms with Crippen molar-refractivity contribution in [2.75, 3.05) is 37.9 Å². The number of methoxy groups -OCH3 is 1. The van der Waals surface area contributed by atoms with Crippen LogP contribution in [0.2, 0.25) is 0 Å². The molecular formula is C20H26N4O6S. The average molecular weight is 451 g/mol. The molecule has 0 aliphatic carbocycles. The van der Waals surface area contributed by atoms with Crippen molar-refractivity contribution in [3.05, 3.63) is 52.6 Å². The van der Waals surface area contributed by atoms with Crippen LogP contribution in [0.25, 0.3) is 0 Å². The number of anilines is 2. The molecule has 168 valence electrons. The number of sulfonamides is 1. The van der Waals surface area contributed by atoms with Gasteiger partial charge in [0.1, 0.15) is 11.4 Å². The Labute approximate surface area is 181 Å². The van der Waals surface area contributed by atoms with Crippen LogP contribution in [0.3, 0.4) is 0 Å². The Morgan fingerprint density at radius 2 is 1.87 bits per heavy atom. The molecule has 10 nitrogen and oxygen atoms in total. The lowest BCUT2D eigenvalue weighted by Crippen LogP contribution is -2.28. The summed E-state index contributed by atoms with van der Waals surface area (Å²) < 4.78 is 31.3. The third-order valence-electron chi connectivity index (χ3n) is 4.52. The van der Waals surface area contributed by atoms with Crippen molar-refractivity contribution >= 4 is 33.0 Å². The van der Waals surface area contributed by atoms with E-state index in [9.17, 15) is 23.3 Å². The maximum Gasteiger partial charge on any atom is 0.296 e. The molecule has 0 bridgehead atoms. The normalized spacial score (nSPS) is 11.2. The highest BCUT2D eigenvalue weighted by atomic mass is 32.2. The predicted molar refractivity (Wildman–Crippen MR) is 118 cm³/mol. The summed E-state index contributed by atoms with van der Waals surface area (Å²) in [4.78, 5) is 23.0. The number of carbonyl (C=O) groups is 1. The molecule has 11 heteroatoms. The minimum Gasteiger partial charge on any atom is -0.496 e. The maximum atomic E-state index is 12.5. The zero-order chi connectivity index (χ0) is 23.0. The zero-order valence-corrected chi connectivity index (χ0v) is 18.4. The van der Waals surface area contributed by atoms with Crippen LogP contribution in [0.15, 0.2) is 47.4 Å². The van der Waals surface area contributed by atoms with Crippen LogP contribution in [0.5, 0.6) is 5.75 Å². The van der Waals surface area contributed by atoms with E-state index in [4.69, 9.17) is 4.74 Å². The lowest BCUT2D eigenvalue weighted by molar-refractivity contribution is -0.384. The fraction of sp³-hybridized carbons (Fsp3) is 0.350. The number of rotatable bonds is 11. The molecule has 0 aliphatic heterocycles. The number of nitro groups is 1. The highest BCUT2D eigenvalue weighted by molar-refractivity contribution is 7.89. The van der Waals surface area contributed by atoms with Crippen molar-refractivity contribution in [1.29, 1.82) is 0 Å². The molecule has 2 rings (SSSR count). The molecule has 0 radical (unpaired) electrons. The summed E-state index contributed by atoms with van der Waals surface area (Å²) in [6, 6.07) is 10.2. The number of ether oxygens (including phenoxy) is 1. The number of benzene rings is 2. The van der Waals surface area contributed by atoms with Gasteiger partial charge in [-0.1, -0.05) is 13.3 Å². The first-order chi connectivity index (χ1) is 14.7. The largest absolute Gasteiger partial charge is 0.496 e. The fourth-order valence-electron chi connectivity index (χ4n) is 2.70. The van der Waals surface area contributed by atoms with Gasteiger partial charge < -0.3 is 15.4 Å². The van der Waals surface area contributed by atoms with Gasteiger partial charge in [-0.25, -0.2) is 12.7 Å². The topological polar surface area (TPSA) is 131 Å². The number of nitro benzene ring substituents is 1. The number of hydrogen-bond acceptors (Lipinski definition) is 7. The van der Waals surface area contributed by atoms with E-state index in [2.05, 4.69) is 10.6 Å². The van der Waals surface area contributed by atoms with Crippen molar-refractivity contribution in [3.8, 4) is 5.75 Å². The second-order valence-electron chi connectivity index (χ2n) is 6.75. The number of nitrogens with zero attached hydrogens (tertiary/aromatic N) is 2. The van der Waals surface area contributed by atoms with Crippen LogP contribution in [-0.2, 0) is 14.8 Å². The van der Waals surface area contributed by atoms with Crippen molar-refractivity contribution in [2.45, 2.75) is 24.7 Å². The van der Waals surface area contributed by atoms with Crippen molar-refractivity contribution in [2.24, 2.45) is 0 Å². The second kappa shape index (κ2) is 10.7. The lowest BCUT2D eigenvalue weighted by atomic mass is 10.2. The van der Waals surface area contributed by atoms with Crippen molar-refractivity contribution in [3.63, 3.8) is 0 Å².